The molecule has 1 heterocycles. The first-order chi connectivity index (χ1) is 18.5. The molecule has 38 heavy (non-hydrogen) atoms. The molecule has 5 atom stereocenters. The molecule has 0 bridgehead atoms. The van der Waals surface area contributed by atoms with E-state index in [1.54, 1.807) is 30.3 Å². The Morgan fingerprint density at radius 2 is 1.37 bits per heavy atom. The van der Waals surface area contributed by atoms with Crippen molar-refractivity contribution in [1.29, 1.82) is 0 Å². The zero-order chi connectivity index (χ0) is 26.8. The summed E-state index contributed by atoms with van der Waals surface area (Å²) in [6.07, 6.45) is -2.68. The highest BCUT2D eigenvalue weighted by atomic mass is 32.2. The molecule has 1 N–H and O–H groups in total. The Kier molecular flexibility index (Phi) is 10.5. The summed E-state index contributed by atoms with van der Waals surface area (Å²) < 4.78 is 50.0. The number of hydrogen-bond donors (Lipinski definition) is 1. The number of aliphatic hydroxyl groups is 1. The van der Waals surface area contributed by atoms with E-state index >= 15 is 0 Å². The first-order valence-corrected chi connectivity index (χ1v) is 14.7. The van der Waals surface area contributed by atoms with Crippen LogP contribution in [0.4, 0.5) is 0 Å². The second-order valence-electron chi connectivity index (χ2n) is 8.71. The molecular weight excluding hydrogens is 524 g/mol. The van der Waals surface area contributed by atoms with Gasteiger partial charge in [0.25, 0.3) is 0 Å². The van der Waals surface area contributed by atoms with E-state index in [0.29, 0.717) is 13.2 Å². The highest BCUT2D eigenvalue weighted by Gasteiger charge is 2.47. The Bertz CT molecular complexity index is 1240. The van der Waals surface area contributed by atoms with Crippen LogP contribution in [0.3, 0.4) is 0 Å². The van der Waals surface area contributed by atoms with E-state index in [9.17, 15) is 13.5 Å². The van der Waals surface area contributed by atoms with E-state index in [1.165, 1.54) is 24.3 Å². The van der Waals surface area contributed by atoms with Gasteiger partial charge in [-0.3, -0.25) is 0 Å². The number of hydrogen-bond acceptors (Lipinski definition) is 8. The van der Waals surface area contributed by atoms with E-state index in [0.717, 1.165) is 16.5 Å². The van der Waals surface area contributed by atoms with Crippen molar-refractivity contribution in [2.45, 2.75) is 48.0 Å². The molecule has 202 valence electrons. The van der Waals surface area contributed by atoms with Gasteiger partial charge in [0.15, 0.2) is 16.1 Å². The van der Waals surface area contributed by atoms with Crippen molar-refractivity contribution >= 4 is 21.6 Å². The first kappa shape index (κ1) is 28.5. The largest absolute Gasteiger partial charge is 0.394 e. The molecule has 3 aromatic carbocycles. The summed E-state index contributed by atoms with van der Waals surface area (Å²) in [6.45, 7) is 0.307. The van der Waals surface area contributed by atoms with Gasteiger partial charge >= 0.3 is 0 Å². The average Bonchev–Trinajstić information content (AvgIpc) is 2.96. The summed E-state index contributed by atoms with van der Waals surface area (Å²) in [6, 6.07) is 27.7. The Morgan fingerprint density at radius 1 is 0.842 bits per heavy atom. The Labute approximate surface area is 228 Å². The molecule has 3 aromatic rings. The van der Waals surface area contributed by atoms with Gasteiger partial charge < -0.3 is 24.1 Å². The fourth-order valence-electron chi connectivity index (χ4n) is 4.16. The number of aliphatic hydroxyl groups excluding tert-OH is 1. The predicted molar refractivity (Wildman–Crippen MR) is 147 cm³/mol. The van der Waals surface area contributed by atoms with Crippen LogP contribution in [-0.4, -0.2) is 57.1 Å². The zero-order valence-corrected chi connectivity index (χ0v) is 22.7. The molecule has 0 aromatic heterocycles. The van der Waals surface area contributed by atoms with Crippen molar-refractivity contribution in [2.75, 3.05) is 13.7 Å². The van der Waals surface area contributed by atoms with Crippen LogP contribution in [-0.2, 0) is 42.0 Å². The van der Waals surface area contributed by atoms with Gasteiger partial charge in [-0.1, -0.05) is 78.9 Å². The third kappa shape index (κ3) is 7.54. The number of methoxy groups -OCH3 is 1. The molecule has 0 spiro atoms. The Hall–Kier alpha value is -2.50. The highest BCUT2D eigenvalue weighted by molar-refractivity contribution is 8.04. The normalized spacial score (nSPS) is 24.0. The van der Waals surface area contributed by atoms with Crippen molar-refractivity contribution < 1.29 is 32.5 Å². The maximum Gasteiger partial charge on any atom is 0.200 e. The van der Waals surface area contributed by atoms with Crippen molar-refractivity contribution in [1.82, 2.24) is 0 Å². The summed E-state index contributed by atoms with van der Waals surface area (Å²) in [5.41, 5.74) is 1.95. The lowest BCUT2D eigenvalue weighted by Crippen LogP contribution is -2.59. The smallest absolute Gasteiger partial charge is 0.200 e. The van der Waals surface area contributed by atoms with Gasteiger partial charge in [-0.05, 0) is 28.7 Å². The molecule has 0 saturated carbocycles. The second kappa shape index (κ2) is 14.0. The monoisotopic (exact) mass is 556 g/mol. The summed E-state index contributed by atoms with van der Waals surface area (Å²) >= 11 is 1.23. The molecule has 4 rings (SSSR count). The van der Waals surface area contributed by atoms with Crippen LogP contribution < -0.4 is 0 Å². The van der Waals surface area contributed by atoms with Crippen LogP contribution in [0.5, 0.6) is 0 Å². The molecule has 1 saturated heterocycles. The first-order valence-electron chi connectivity index (χ1n) is 12.2. The number of rotatable bonds is 12. The molecule has 0 radical (unpaired) electrons. The van der Waals surface area contributed by atoms with E-state index < -0.39 is 39.7 Å². The van der Waals surface area contributed by atoms with Crippen molar-refractivity contribution in [2.24, 2.45) is 0 Å². The molecule has 1 fully saturated rings. The van der Waals surface area contributed by atoms with Gasteiger partial charge in [-0.2, -0.15) is 0 Å². The van der Waals surface area contributed by atoms with Crippen LogP contribution >= 0.6 is 11.8 Å². The van der Waals surface area contributed by atoms with Crippen LogP contribution in [0.2, 0.25) is 0 Å². The van der Waals surface area contributed by atoms with Crippen molar-refractivity contribution in [3.63, 3.8) is 0 Å². The molecule has 0 aliphatic carbocycles. The van der Waals surface area contributed by atoms with Crippen molar-refractivity contribution in [3.8, 4) is 0 Å². The second-order valence-corrected chi connectivity index (χ2v) is 11.6. The van der Waals surface area contributed by atoms with Gasteiger partial charge in [0, 0.05) is 12.5 Å². The molecular formula is C29H32O7S2. The average molecular weight is 557 g/mol. The van der Waals surface area contributed by atoms with Gasteiger partial charge in [-0.15, -0.1) is 11.8 Å². The van der Waals surface area contributed by atoms with Crippen LogP contribution in [0.15, 0.2) is 107 Å². The Morgan fingerprint density at radius 3 is 1.89 bits per heavy atom. The SMILES string of the molecule is CO[C@@H]1O[C@H](CO)[C@@H](S/C=C/S(=O)(=O)c2ccccc2)[C@H](OCc2ccccc2)[C@H]1OCc1ccccc1. The third-order valence-electron chi connectivity index (χ3n) is 6.12. The number of ether oxygens (including phenoxy) is 4. The van der Waals surface area contributed by atoms with Crippen LogP contribution in [0, 0.1) is 0 Å². The minimum absolute atomic E-state index is 0.204. The summed E-state index contributed by atoms with van der Waals surface area (Å²) in [7, 11) is -2.11. The quantitative estimate of drug-likeness (QED) is 0.347. The lowest BCUT2D eigenvalue weighted by atomic mass is 10.0. The van der Waals surface area contributed by atoms with Crippen LogP contribution in [0.25, 0.3) is 0 Å². The standard InChI is InChI=1S/C29H32O7S2/c1-33-29-27(35-21-23-13-7-3-8-14-23)26(34-20-22-11-5-2-6-12-22)28(25(19-30)36-29)37-17-18-38(31,32)24-15-9-4-10-16-24/h2-18,25-30H,19-21H2,1H3/b18-17+/t25-,26-,27-,28-,29-/m1/s1. The lowest BCUT2D eigenvalue weighted by Gasteiger charge is -2.44. The summed E-state index contributed by atoms with van der Waals surface area (Å²) in [4.78, 5) is 0.204. The minimum Gasteiger partial charge on any atom is -0.394 e. The van der Waals surface area contributed by atoms with E-state index in [4.69, 9.17) is 18.9 Å². The maximum absolute atomic E-state index is 12.8. The molecule has 0 amide bonds. The van der Waals surface area contributed by atoms with Crippen molar-refractivity contribution in [3.05, 3.63) is 113 Å². The van der Waals surface area contributed by atoms with Crippen LogP contribution in [0.1, 0.15) is 11.1 Å². The number of benzene rings is 3. The molecule has 0 unspecified atom stereocenters. The topological polar surface area (TPSA) is 91.3 Å². The van der Waals surface area contributed by atoms with E-state index in [2.05, 4.69) is 0 Å². The third-order valence-corrected chi connectivity index (χ3v) is 8.89. The highest BCUT2D eigenvalue weighted by Crippen LogP contribution is 2.35. The fourth-order valence-corrected chi connectivity index (χ4v) is 6.59. The minimum atomic E-state index is -3.63. The van der Waals surface area contributed by atoms with Gasteiger partial charge in [0.1, 0.15) is 12.2 Å². The fraction of sp³-hybridized carbons (Fsp3) is 0.310. The Balaban J connectivity index is 1.58. The molecule has 7 nitrogen and oxygen atoms in total. The van der Waals surface area contributed by atoms with Gasteiger partial charge in [-0.25, -0.2) is 8.42 Å². The van der Waals surface area contributed by atoms with E-state index in [-0.39, 0.29) is 11.5 Å². The molecule has 1 aliphatic rings. The maximum atomic E-state index is 12.8. The summed E-state index contributed by atoms with van der Waals surface area (Å²) in [5, 5.41) is 12.4. The zero-order valence-electron chi connectivity index (χ0n) is 21.0. The van der Waals surface area contributed by atoms with E-state index in [1.807, 2.05) is 60.7 Å². The lowest BCUT2D eigenvalue weighted by molar-refractivity contribution is -0.281. The van der Waals surface area contributed by atoms with Gasteiger partial charge in [0.05, 0.1) is 36.1 Å². The summed E-state index contributed by atoms with van der Waals surface area (Å²) in [5.74, 6) is 0. The number of thioether (sulfide) groups is 1. The molecule has 1 aliphatic heterocycles. The van der Waals surface area contributed by atoms with Gasteiger partial charge in [0.2, 0.25) is 0 Å². The number of sulfone groups is 1. The molecule has 9 heteroatoms. The predicted octanol–water partition coefficient (Wildman–Crippen LogP) is 4.57.